The highest BCUT2D eigenvalue weighted by Crippen LogP contribution is 2.68. The predicted octanol–water partition coefficient (Wildman–Crippen LogP) is 11.5. The van der Waals surface area contributed by atoms with Gasteiger partial charge >= 0.3 is 11.9 Å². The van der Waals surface area contributed by atoms with Crippen molar-refractivity contribution in [3.63, 3.8) is 0 Å². The molecule has 0 amide bonds. The van der Waals surface area contributed by atoms with Gasteiger partial charge in [-0.1, -0.05) is 101 Å². The third kappa shape index (κ3) is 11.2. The van der Waals surface area contributed by atoms with E-state index in [1.54, 1.807) is 0 Å². The number of aliphatic carboxylic acids is 1. The first-order valence-corrected chi connectivity index (χ1v) is 20.6. The molecule has 0 heterocycles. The average molecular weight is 703 g/mol. The topological polar surface area (TPSA) is 83.8 Å². The summed E-state index contributed by atoms with van der Waals surface area (Å²) in [6, 6.07) is 0. The van der Waals surface area contributed by atoms with Crippen molar-refractivity contribution in [1.82, 2.24) is 0 Å². The van der Waals surface area contributed by atoms with Crippen molar-refractivity contribution in [3.05, 3.63) is 72.9 Å². The molecule has 0 spiro atoms. The second-order valence-corrected chi connectivity index (χ2v) is 16.7. The van der Waals surface area contributed by atoms with Crippen LogP contribution in [0.5, 0.6) is 0 Å². The number of carbonyl (C=O) groups is 2. The number of aliphatic hydroxyl groups excluding tert-OH is 1. The molecule has 0 aliphatic heterocycles. The fourth-order valence-corrected chi connectivity index (χ4v) is 10.9. The molecule has 0 aromatic carbocycles. The molecule has 51 heavy (non-hydrogen) atoms. The Morgan fingerprint density at radius 1 is 0.745 bits per heavy atom. The van der Waals surface area contributed by atoms with E-state index in [1.165, 1.54) is 12.8 Å². The Bertz CT molecular complexity index is 1270. The van der Waals surface area contributed by atoms with Crippen LogP contribution in [0.1, 0.15) is 143 Å². The maximum Gasteiger partial charge on any atom is 0.306 e. The van der Waals surface area contributed by atoms with Crippen LogP contribution in [0, 0.1) is 46.3 Å². The summed E-state index contributed by atoms with van der Waals surface area (Å²) in [4.78, 5) is 24.0. The Morgan fingerprint density at radius 3 is 1.92 bits per heavy atom. The fourth-order valence-electron chi connectivity index (χ4n) is 10.9. The minimum atomic E-state index is -0.719. The van der Waals surface area contributed by atoms with Gasteiger partial charge in [-0.2, -0.15) is 0 Å². The number of rotatable bonds is 19. The summed E-state index contributed by atoms with van der Waals surface area (Å²) in [5, 5.41) is 21.1. The van der Waals surface area contributed by atoms with Crippen molar-refractivity contribution in [2.24, 2.45) is 46.3 Å². The standard InChI is InChI=1S/C46H70O5/c1-5-6-7-8-9-10-11-12-13-14-15-16-17-18-19-20-21-22-23-24-44(50)51-37-31-32-45(3)36(33-37)26-27-38-40-29-28-39(35(2)25-30-43(48)49)46(40,4)42(47)34-41(38)45/h6-7,9-10,12-13,15-16,18-19,21-22,35-42,47H,5,8,11,14,17,20,23-34H2,1-4H3,(H,48,49)/b7-6-,10-9-,13-12-,16-15-,19-18-,22-21-. The van der Waals surface area contributed by atoms with Gasteiger partial charge in [0.1, 0.15) is 6.10 Å². The molecule has 4 fully saturated rings. The molecule has 4 saturated carbocycles. The van der Waals surface area contributed by atoms with E-state index in [-0.39, 0.29) is 35.4 Å². The minimum absolute atomic E-state index is 0.0159. The van der Waals surface area contributed by atoms with Crippen molar-refractivity contribution >= 4 is 11.9 Å². The number of hydrogen-bond acceptors (Lipinski definition) is 4. The zero-order valence-corrected chi connectivity index (χ0v) is 32.4. The van der Waals surface area contributed by atoms with Crippen LogP contribution >= 0.6 is 0 Å². The Morgan fingerprint density at radius 2 is 1.33 bits per heavy atom. The highest BCUT2D eigenvalue weighted by Gasteiger charge is 2.63. The van der Waals surface area contributed by atoms with E-state index < -0.39 is 5.97 Å². The van der Waals surface area contributed by atoms with E-state index >= 15 is 0 Å². The average Bonchev–Trinajstić information content (AvgIpc) is 3.47. The number of carbonyl (C=O) groups excluding carboxylic acids is 1. The molecule has 0 bridgehead atoms. The van der Waals surface area contributed by atoms with Gasteiger partial charge in [-0.15, -0.1) is 0 Å². The van der Waals surface area contributed by atoms with Crippen LogP contribution < -0.4 is 0 Å². The van der Waals surface area contributed by atoms with Crippen LogP contribution in [0.25, 0.3) is 0 Å². The van der Waals surface area contributed by atoms with Crippen LogP contribution in [0.4, 0.5) is 0 Å². The van der Waals surface area contributed by atoms with Gasteiger partial charge in [0.2, 0.25) is 0 Å². The molecule has 284 valence electrons. The largest absolute Gasteiger partial charge is 0.481 e. The van der Waals surface area contributed by atoms with Gasteiger partial charge in [-0.25, -0.2) is 0 Å². The molecule has 4 aliphatic rings. The predicted molar refractivity (Wildman–Crippen MR) is 210 cm³/mol. The van der Waals surface area contributed by atoms with Crippen LogP contribution in [-0.2, 0) is 14.3 Å². The summed E-state index contributed by atoms with van der Waals surface area (Å²) in [7, 11) is 0. The molecule has 0 aromatic heterocycles. The van der Waals surface area contributed by atoms with Gasteiger partial charge in [-0.05, 0) is 149 Å². The normalized spacial score (nSPS) is 34.6. The molecule has 10 unspecified atom stereocenters. The second-order valence-electron chi connectivity index (χ2n) is 16.7. The third-order valence-corrected chi connectivity index (χ3v) is 13.7. The SMILES string of the molecule is CC/C=C\C/C=C\C/C=C\C/C=C\C/C=C\C/C=C\CCC(=O)OC1CCC2(C)C(CCC3C2CC(O)C2(C)C(C(C)CCC(=O)O)CCC32)C1. The molecule has 0 aromatic rings. The lowest BCUT2D eigenvalue weighted by Crippen LogP contribution is -2.59. The molecule has 0 radical (unpaired) electrons. The third-order valence-electron chi connectivity index (χ3n) is 13.7. The first-order chi connectivity index (χ1) is 24.6. The molecule has 2 N–H and O–H groups in total. The number of carboxylic acids is 1. The van der Waals surface area contributed by atoms with Gasteiger partial charge in [0.15, 0.2) is 0 Å². The number of carboxylic acid groups (broad SMARTS) is 1. The zero-order chi connectivity index (χ0) is 36.7. The van der Waals surface area contributed by atoms with Crippen molar-refractivity contribution in [1.29, 1.82) is 0 Å². The summed E-state index contributed by atoms with van der Waals surface area (Å²) in [5.74, 6) is 2.13. The van der Waals surface area contributed by atoms with Gasteiger partial charge in [0.25, 0.3) is 0 Å². The van der Waals surface area contributed by atoms with E-state index in [2.05, 4.69) is 101 Å². The van der Waals surface area contributed by atoms with E-state index in [9.17, 15) is 19.8 Å². The van der Waals surface area contributed by atoms with Crippen LogP contribution in [0.2, 0.25) is 0 Å². The lowest BCUT2D eigenvalue weighted by Gasteiger charge is -2.62. The number of aliphatic hydroxyl groups is 1. The molecule has 5 heteroatoms. The van der Waals surface area contributed by atoms with Crippen molar-refractivity contribution in [2.75, 3.05) is 0 Å². The smallest absolute Gasteiger partial charge is 0.306 e. The van der Waals surface area contributed by atoms with E-state index in [1.807, 2.05) is 0 Å². The maximum absolute atomic E-state index is 12.8. The Balaban J connectivity index is 1.12. The first-order valence-electron chi connectivity index (χ1n) is 20.6. The highest BCUT2D eigenvalue weighted by molar-refractivity contribution is 5.69. The summed E-state index contributed by atoms with van der Waals surface area (Å²) in [6.45, 7) is 9.18. The lowest BCUT2D eigenvalue weighted by molar-refractivity contribution is -0.181. The Hall–Kier alpha value is -2.66. The maximum atomic E-state index is 12.8. The van der Waals surface area contributed by atoms with E-state index in [0.717, 1.165) is 83.5 Å². The minimum Gasteiger partial charge on any atom is -0.481 e. The van der Waals surface area contributed by atoms with Crippen molar-refractivity contribution < 1.29 is 24.5 Å². The summed E-state index contributed by atoms with van der Waals surface area (Å²) in [6.07, 6.45) is 42.5. The van der Waals surface area contributed by atoms with Crippen LogP contribution in [0.15, 0.2) is 72.9 Å². The summed E-state index contributed by atoms with van der Waals surface area (Å²) in [5.41, 5.74) is 0.0750. The first kappa shape index (κ1) is 41.1. The van der Waals surface area contributed by atoms with Crippen molar-refractivity contribution in [3.8, 4) is 0 Å². The van der Waals surface area contributed by atoms with Gasteiger partial charge < -0.3 is 14.9 Å². The van der Waals surface area contributed by atoms with Crippen LogP contribution in [0.3, 0.4) is 0 Å². The second kappa shape index (κ2) is 20.5. The summed E-state index contributed by atoms with van der Waals surface area (Å²) < 4.78 is 6.05. The number of fused-ring (bicyclic) bond motifs is 5. The number of hydrogen-bond donors (Lipinski definition) is 2. The van der Waals surface area contributed by atoms with Gasteiger partial charge in [0, 0.05) is 12.8 Å². The molecule has 4 aliphatic carbocycles. The summed E-state index contributed by atoms with van der Waals surface area (Å²) >= 11 is 0. The van der Waals surface area contributed by atoms with E-state index in [0.29, 0.717) is 48.3 Å². The van der Waals surface area contributed by atoms with Gasteiger partial charge in [-0.3, -0.25) is 9.59 Å². The number of esters is 1. The van der Waals surface area contributed by atoms with E-state index in [4.69, 9.17) is 4.74 Å². The number of allylic oxidation sites excluding steroid dienone is 12. The quantitative estimate of drug-likeness (QED) is 0.103. The fraction of sp³-hybridized carbons (Fsp3) is 0.696. The monoisotopic (exact) mass is 703 g/mol. The molecular formula is C46H70O5. The molecule has 5 nitrogen and oxygen atoms in total. The highest BCUT2D eigenvalue weighted by atomic mass is 16.5. The Kier molecular flexibility index (Phi) is 16.6. The molecular weight excluding hydrogens is 633 g/mol. The molecule has 0 saturated heterocycles. The van der Waals surface area contributed by atoms with Crippen molar-refractivity contribution in [2.45, 2.75) is 155 Å². The lowest BCUT2D eigenvalue weighted by atomic mass is 9.43. The zero-order valence-electron chi connectivity index (χ0n) is 32.4. The van der Waals surface area contributed by atoms with Crippen LogP contribution in [-0.4, -0.2) is 34.4 Å². The number of ether oxygens (including phenoxy) is 1. The molecule has 10 atom stereocenters. The van der Waals surface area contributed by atoms with Gasteiger partial charge in [0.05, 0.1) is 6.10 Å². The Labute approximate surface area is 310 Å². The molecule has 4 rings (SSSR count).